The summed E-state index contributed by atoms with van der Waals surface area (Å²) in [6.07, 6.45) is 1.12. The number of fused-ring (bicyclic) bond motifs is 1. The van der Waals surface area contributed by atoms with Crippen LogP contribution in [0.3, 0.4) is 0 Å². The van der Waals surface area contributed by atoms with Crippen molar-refractivity contribution in [3.8, 4) is 0 Å². The summed E-state index contributed by atoms with van der Waals surface area (Å²) in [6.45, 7) is 1.83. The summed E-state index contributed by atoms with van der Waals surface area (Å²) in [4.78, 5) is 27.3. The first-order valence-corrected chi connectivity index (χ1v) is 3.61. The van der Waals surface area contributed by atoms with Gasteiger partial charge in [0.1, 0.15) is 6.17 Å². The summed E-state index contributed by atoms with van der Waals surface area (Å²) in [7, 11) is 0. The Bertz CT molecular complexity index is 275. The van der Waals surface area contributed by atoms with Gasteiger partial charge < -0.3 is 5.32 Å². The molecule has 2 N–H and O–H groups in total. The fraction of sp³-hybridized carbons (Fsp3) is 0.500. The SMILES string of the molecule is CC1N=CN2C(=O)NC(=O)NC12. The number of amides is 4. The van der Waals surface area contributed by atoms with E-state index in [0.29, 0.717) is 0 Å². The van der Waals surface area contributed by atoms with Crippen LogP contribution < -0.4 is 10.6 Å². The zero-order chi connectivity index (χ0) is 8.72. The Morgan fingerprint density at radius 3 is 3.08 bits per heavy atom. The molecular formula is C6H8N4O2. The van der Waals surface area contributed by atoms with E-state index in [2.05, 4.69) is 15.6 Å². The fourth-order valence-electron chi connectivity index (χ4n) is 1.26. The largest absolute Gasteiger partial charge is 0.332 e. The molecule has 0 spiro atoms. The topological polar surface area (TPSA) is 73.8 Å². The van der Waals surface area contributed by atoms with E-state index in [1.165, 1.54) is 11.2 Å². The average molecular weight is 168 g/mol. The Balaban J connectivity index is 2.23. The normalized spacial score (nSPS) is 32.9. The minimum atomic E-state index is -0.460. The lowest BCUT2D eigenvalue weighted by Crippen LogP contribution is -2.63. The van der Waals surface area contributed by atoms with Crippen molar-refractivity contribution >= 4 is 18.4 Å². The van der Waals surface area contributed by atoms with Crippen molar-refractivity contribution in [2.75, 3.05) is 0 Å². The van der Waals surface area contributed by atoms with Crippen molar-refractivity contribution < 1.29 is 9.59 Å². The molecule has 4 amide bonds. The molecule has 2 rings (SSSR count). The molecule has 6 heteroatoms. The first-order valence-electron chi connectivity index (χ1n) is 3.61. The molecule has 0 aromatic rings. The van der Waals surface area contributed by atoms with Crippen LogP contribution in [0.4, 0.5) is 9.59 Å². The molecule has 1 fully saturated rings. The molecular weight excluding hydrogens is 160 g/mol. The summed E-state index contributed by atoms with van der Waals surface area (Å²) in [5.41, 5.74) is 0. The molecule has 2 atom stereocenters. The highest BCUT2D eigenvalue weighted by molar-refractivity contribution is 6.01. The third kappa shape index (κ3) is 0.843. The van der Waals surface area contributed by atoms with Gasteiger partial charge in [0, 0.05) is 0 Å². The van der Waals surface area contributed by atoms with Crippen LogP contribution in [0, 0.1) is 0 Å². The Hall–Kier alpha value is -1.59. The molecule has 0 bridgehead atoms. The van der Waals surface area contributed by atoms with Crippen LogP contribution >= 0.6 is 0 Å². The molecule has 0 saturated carbocycles. The number of urea groups is 2. The second-order valence-corrected chi connectivity index (χ2v) is 2.76. The molecule has 2 unspecified atom stereocenters. The number of hydrogen-bond acceptors (Lipinski definition) is 3. The third-order valence-corrected chi connectivity index (χ3v) is 1.92. The van der Waals surface area contributed by atoms with E-state index in [1.54, 1.807) is 0 Å². The minimum absolute atomic E-state index is 0.0694. The van der Waals surface area contributed by atoms with Crippen molar-refractivity contribution in [3.05, 3.63) is 0 Å². The van der Waals surface area contributed by atoms with Gasteiger partial charge in [0.05, 0.1) is 12.4 Å². The maximum Gasteiger partial charge on any atom is 0.332 e. The van der Waals surface area contributed by atoms with Crippen LogP contribution in [0.1, 0.15) is 6.92 Å². The molecule has 0 aromatic heterocycles. The van der Waals surface area contributed by atoms with Gasteiger partial charge >= 0.3 is 12.1 Å². The second-order valence-electron chi connectivity index (χ2n) is 2.76. The maximum atomic E-state index is 11.1. The van der Waals surface area contributed by atoms with Crippen LogP contribution in [0.5, 0.6) is 0 Å². The van der Waals surface area contributed by atoms with E-state index in [0.717, 1.165) is 0 Å². The van der Waals surface area contributed by atoms with Gasteiger partial charge in [0.25, 0.3) is 0 Å². The Morgan fingerprint density at radius 1 is 1.58 bits per heavy atom. The smallest absolute Gasteiger partial charge is 0.315 e. The van der Waals surface area contributed by atoms with E-state index >= 15 is 0 Å². The monoisotopic (exact) mass is 168 g/mol. The van der Waals surface area contributed by atoms with Crippen LogP contribution in [-0.4, -0.2) is 35.5 Å². The average Bonchev–Trinajstić information content (AvgIpc) is 2.33. The number of nitrogens with one attached hydrogen (secondary N) is 2. The number of aliphatic imine (C=N–C) groups is 1. The van der Waals surface area contributed by atoms with Gasteiger partial charge in [-0.3, -0.25) is 15.2 Å². The molecule has 64 valence electrons. The van der Waals surface area contributed by atoms with Gasteiger partial charge in [-0.2, -0.15) is 0 Å². The summed E-state index contributed by atoms with van der Waals surface area (Å²) in [5, 5.41) is 4.71. The molecule has 0 radical (unpaired) electrons. The van der Waals surface area contributed by atoms with Crippen molar-refractivity contribution in [1.82, 2.24) is 15.5 Å². The molecule has 6 nitrogen and oxygen atoms in total. The Kier molecular flexibility index (Phi) is 1.30. The third-order valence-electron chi connectivity index (χ3n) is 1.92. The van der Waals surface area contributed by atoms with E-state index in [4.69, 9.17) is 0 Å². The highest BCUT2D eigenvalue weighted by atomic mass is 16.2. The molecule has 2 aliphatic heterocycles. The Morgan fingerprint density at radius 2 is 2.33 bits per heavy atom. The minimum Gasteiger partial charge on any atom is -0.315 e. The van der Waals surface area contributed by atoms with Crippen LogP contribution in [0.25, 0.3) is 0 Å². The molecule has 12 heavy (non-hydrogen) atoms. The lowest BCUT2D eigenvalue weighted by molar-refractivity contribution is 0.179. The van der Waals surface area contributed by atoms with E-state index in [9.17, 15) is 9.59 Å². The lowest BCUT2D eigenvalue weighted by Gasteiger charge is -2.30. The van der Waals surface area contributed by atoms with E-state index < -0.39 is 12.1 Å². The predicted molar refractivity (Wildman–Crippen MR) is 40.6 cm³/mol. The van der Waals surface area contributed by atoms with Crippen LogP contribution in [0.15, 0.2) is 4.99 Å². The summed E-state index contributed by atoms with van der Waals surface area (Å²) >= 11 is 0. The fourth-order valence-corrected chi connectivity index (χ4v) is 1.26. The number of rotatable bonds is 0. The van der Waals surface area contributed by atoms with Gasteiger partial charge in [-0.15, -0.1) is 0 Å². The summed E-state index contributed by atoms with van der Waals surface area (Å²) in [6, 6.07) is -0.949. The van der Waals surface area contributed by atoms with Crippen LogP contribution in [0.2, 0.25) is 0 Å². The Labute approximate surface area is 68.6 Å². The summed E-state index contributed by atoms with van der Waals surface area (Å²) < 4.78 is 0. The van der Waals surface area contributed by atoms with Crippen molar-refractivity contribution in [3.63, 3.8) is 0 Å². The second kappa shape index (κ2) is 2.20. The number of carbonyl (C=O) groups excluding carboxylic acids is 2. The van der Waals surface area contributed by atoms with Crippen molar-refractivity contribution in [2.24, 2.45) is 4.99 Å². The standard InChI is InChI=1S/C6H8N4O2/c1-3-4-8-5(11)9-6(12)10(4)2-7-3/h2-4H,1H3,(H2,8,9,11,12). The van der Waals surface area contributed by atoms with Crippen molar-refractivity contribution in [1.29, 1.82) is 0 Å². The zero-order valence-corrected chi connectivity index (χ0v) is 6.44. The summed E-state index contributed by atoms with van der Waals surface area (Å²) in [5.74, 6) is 0. The predicted octanol–water partition coefficient (Wildman–Crippen LogP) is -0.522. The molecule has 2 aliphatic rings. The van der Waals surface area contributed by atoms with Gasteiger partial charge in [0.2, 0.25) is 0 Å². The number of imide groups is 1. The van der Waals surface area contributed by atoms with Crippen molar-refractivity contribution in [2.45, 2.75) is 19.1 Å². The zero-order valence-electron chi connectivity index (χ0n) is 6.44. The molecule has 0 aliphatic carbocycles. The van der Waals surface area contributed by atoms with Gasteiger partial charge in [-0.1, -0.05) is 0 Å². The highest BCUT2D eigenvalue weighted by Crippen LogP contribution is 2.12. The quantitative estimate of drug-likeness (QED) is 0.510. The number of hydrogen-bond donors (Lipinski definition) is 2. The van der Waals surface area contributed by atoms with E-state index in [1.807, 2.05) is 6.92 Å². The van der Waals surface area contributed by atoms with Gasteiger partial charge in [-0.25, -0.2) is 9.59 Å². The number of carbonyl (C=O) groups is 2. The first kappa shape index (κ1) is 7.08. The molecule has 1 saturated heterocycles. The van der Waals surface area contributed by atoms with Crippen LogP contribution in [-0.2, 0) is 0 Å². The maximum absolute atomic E-state index is 11.1. The molecule has 2 heterocycles. The first-order chi connectivity index (χ1) is 5.68. The van der Waals surface area contributed by atoms with Gasteiger partial charge in [0.15, 0.2) is 0 Å². The highest BCUT2D eigenvalue weighted by Gasteiger charge is 2.37. The lowest BCUT2D eigenvalue weighted by atomic mass is 10.2. The van der Waals surface area contributed by atoms with Gasteiger partial charge in [-0.05, 0) is 6.92 Å². The molecule has 0 aromatic carbocycles. The van der Waals surface area contributed by atoms with E-state index in [-0.39, 0.29) is 12.2 Å². The number of nitrogens with zero attached hydrogens (tertiary/aromatic N) is 2.